The highest BCUT2D eigenvalue weighted by molar-refractivity contribution is 7.05. The van der Waals surface area contributed by atoms with Crippen LogP contribution in [0.1, 0.15) is 41.4 Å². The second kappa shape index (κ2) is 5.12. The maximum absolute atomic E-state index is 4.58. The molecule has 1 aliphatic rings. The van der Waals surface area contributed by atoms with Gasteiger partial charge in [0, 0.05) is 17.8 Å². The van der Waals surface area contributed by atoms with E-state index in [0.717, 1.165) is 19.4 Å². The van der Waals surface area contributed by atoms with E-state index in [9.17, 15) is 0 Å². The molecular formula is C13H16N4S. The van der Waals surface area contributed by atoms with Gasteiger partial charge in [0.1, 0.15) is 0 Å². The predicted octanol–water partition coefficient (Wildman–Crippen LogP) is 2.31. The summed E-state index contributed by atoms with van der Waals surface area (Å²) in [5.41, 5.74) is 2.64. The first-order chi connectivity index (χ1) is 8.90. The topological polar surface area (TPSA) is 50.7 Å². The summed E-state index contributed by atoms with van der Waals surface area (Å²) in [7, 11) is 0. The molecule has 94 valence electrons. The Labute approximate surface area is 111 Å². The molecule has 18 heavy (non-hydrogen) atoms. The zero-order valence-electron chi connectivity index (χ0n) is 10.3. The lowest BCUT2D eigenvalue weighted by molar-refractivity contribution is 0.453. The number of aromatic nitrogens is 3. The molecule has 0 aromatic carbocycles. The summed E-state index contributed by atoms with van der Waals surface area (Å²) < 4.78 is 3.98. The van der Waals surface area contributed by atoms with Crippen molar-refractivity contribution < 1.29 is 0 Å². The Balaban J connectivity index is 1.93. The molecule has 4 nitrogen and oxygen atoms in total. The minimum Gasteiger partial charge on any atom is -0.309 e. The fourth-order valence-electron chi connectivity index (χ4n) is 2.74. The van der Waals surface area contributed by atoms with Gasteiger partial charge in [-0.05, 0) is 42.5 Å². The second-order valence-electron chi connectivity index (χ2n) is 4.55. The van der Waals surface area contributed by atoms with Crippen molar-refractivity contribution in [3.05, 3.63) is 40.7 Å². The van der Waals surface area contributed by atoms with Gasteiger partial charge < -0.3 is 5.32 Å². The molecule has 0 fully saturated rings. The van der Waals surface area contributed by atoms with Crippen LogP contribution < -0.4 is 5.32 Å². The molecular weight excluding hydrogens is 244 g/mol. The maximum atomic E-state index is 4.58. The highest BCUT2D eigenvalue weighted by Crippen LogP contribution is 2.40. The van der Waals surface area contributed by atoms with E-state index in [4.69, 9.17) is 0 Å². The lowest BCUT2D eigenvalue weighted by atomic mass is 9.96. The second-order valence-corrected chi connectivity index (χ2v) is 5.37. The fourth-order valence-corrected chi connectivity index (χ4v) is 3.39. The van der Waals surface area contributed by atoms with Gasteiger partial charge in [-0.1, -0.05) is 17.5 Å². The number of aryl methyl sites for hydroxylation is 1. The van der Waals surface area contributed by atoms with Crippen LogP contribution in [0.2, 0.25) is 0 Å². The van der Waals surface area contributed by atoms with Crippen molar-refractivity contribution >= 4 is 11.5 Å². The third-order valence-corrected chi connectivity index (χ3v) is 4.26. The summed E-state index contributed by atoms with van der Waals surface area (Å²) in [5, 5.41) is 7.52. The van der Waals surface area contributed by atoms with Gasteiger partial charge in [-0.15, -0.1) is 5.10 Å². The van der Waals surface area contributed by atoms with E-state index in [1.165, 1.54) is 27.7 Å². The summed E-state index contributed by atoms with van der Waals surface area (Å²) in [6.07, 6.45) is 6.05. The van der Waals surface area contributed by atoms with E-state index in [0.29, 0.717) is 12.0 Å². The van der Waals surface area contributed by atoms with E-state index in [1.54, 1.807) is 0 Å². The fraction of sp³-hybridized carbons (Fsp3) is 0.462. The summed E-state index contributed by atoms with van der Waals surface area (Å²) in [6, 6.07) is 4.51. The van der Waals surface area contributed by atoms with Crippen molar-refractivity contribution in [1.29, 1.82) is 0 Å². The zero-order chi connectivity index (χ0) is 12.4. The van der Waals surface area contributed by atoms with Crippen LogP contribution in [0.15, 0.2) is 24.5 Å². The molecule has 0 amide bonds. The number of fused-ring (bicyclic) bond motifs is 1. The Bertz CT molecular complexity index is 509. The third kappa shape index (κ3) is 2.04. The van der Waals surface area contributed by atoms with E-state index in [2.05, 4.69) is 32.9 Å². The minimum absolute atomic E-state index is 0.297. The molecule has 2 aromatic rings. The molecule has 5 heteroatoms. The molecule has 2 heterocycles. The SMILES string of the molecule is CCNC(c1cnns1)C1CCc2cccnc21. The molecule has 0 radical (unpaired) electrons. The van der Waals surface area contributed by atoms with Gasteiger partial charge in [-0.3, -0.25) is 4.98 Å². The van der Waals surface area contributed by atoms with Crippen LogP contribution in [-0.2, 0) is 6.42 Å². The molecule has 0 saturated heterocycles. The number of likely N-dealkylation sites (N-methyl/N-ethyl adjacent to an activating group) is 1. The number of rotatable bonds is 4. The van der Waals surface area contributed by atoms with Crippen molar-refractivity contribution in [3.63, 3.8) is 0 Å². The van der Waals surface area contributed by atoms with Gasteiger partial charge in [0.15, 0.2) is 0 Å². The largest absolute Gasteiger partial charge is 0.309 e. The van der Waals surface area contributed by atoms with Crippen LogP contribution in [0.3, 0.4) is 0 Å². The van der Waals surface area contributed by atoms with Gasteiger partial charge in [0.2, 0.25) is 0 Å². The smallest absolute Gasteiger partial charge is 0.0669 e. The van der Waals surface area contributed by atoms with Crippen molar-refractivity contribution in [2.24, 2.45) is 0 Å². The molecule has 0 spiro atoms. The third-order valence-electron chi connectivity index (χ3n) is 3.51. The Hall–Kier alpha value is -1.33. The number of nitrogens with one attached hydrogen (secondary N) is 1. The number of pyridine rings is 1. The number of hydrogen-bond donors (Lipinski definition) is 1. The predicted molar refractivity (Wildman–Crippen MR) is 71.6 cm³/mol. The summed E-state index contributed by atoms with van der Waals surface area (Å²) in [4.78, 5) is 5.79. The Morgan fingerprint density at radius 1 is 1.56 bits per heavy atom. The highest BCUT2D eigenvalue weighted by atomic mass is 32.1. The van der Waals surface area contributed by atoms with Crippen molar-refractivity contribution in [2.45, 2.75) is 31.7 Å². The summed E-state index contributed by atoms with van der Waals surface area (Å²) in [6.45, 7) is 3.08. The van der Waals surface area contributed by atoms with Crippen LogP contribution in [0.4, 0.5) is 0 Å². The zero-order valence-corrected chi connectivity index (χ0v) is 11.2. The molecule has 2 atom stereocenters. The van der Waals surface area contributed by atoms with Crippen molar-refractivity contribution in [3.8, 4) is 0 Å². The molecule has 1 N–H and O–H groups in total. The van der Waals surface area contributed by atoms with Crippen molar-refractivity contribution in [2.75, 3.05) is 6.54 Å². The standard InChI is InChI=1S/C13H16N4S/c1-2-14-13(11-8-16-17-18-11)10-6-5-9-4-3-7-15-12(9)10/h3-4,7-8,10,13-14H,2,5-6H2,1H3. The van der Waals surface area contributed by atoms with Gasteiger partial charge in [0.25, 0.3) is 0 Å². The van der Waals surface area contributed by atoms with E-state index < -0.39 is 0 Å². The van der Waals surface area contributed by atoms with E-state index in [1.807, 2.05) is 18.5 Å². The van der Waals surface area contributed by atoms with E-state index >= 15 is 0 Å². The van der Waals surface area contributed by atoms with Crippen LogP contribution in [0, 0.1) is 0 Å². The Morgan fingerprint density at radius 2 is 2.50 bits per heavy atom. The molecule has 2 unspecified atom stereocenters. The van der Waals surface area contributed by atoms with Gasteiger partial charge >= 0.3 is 0 Å². The number of hydrogen-bond acceptors (Lipinski definition) is 5. The maximum Gasteiger partial charge on any atom is 0.0669 e. The van der Waals surface area contributed by atoms with Crippen LogP contribution in [0.25, 0.3) is 0 Å². The number of nitrogens with zero attached hydrogens (tertiary/aromatic N) is 3. The summed E-state index contributed by atoms with van der Waals surface area (Å²) in [5.74, 6) is 0.448. The first-order valence-electron chi connectivity index (χ1n) is 6.34. The molecule has 0 bridgehead atoms. The monoisotopic (exact) mass is 260 g/mol. The lowest BCUT2D eigenvalue weighted by Gasteiger charge is -2.22. The molecule has 1 aliphatic carbocycles. The average Bonchev–Trinajstić information content (AvgIpc) is 3.06. The molecule has 0 aliphatic heterocycles. The van der Waals surface area contributed by atoms with Crippen LogP contribution >= 0.6 is 11.5 Å². The average molecular weight is 260 g/mol. The first kappa shape index (κ1) is 11.7. The van der Waals surface area contributed by atoms with Gasteiger partial charge in [0.05, 0.1) is 17.1 Å². The van der Waals surface area contributed by atoms with Crippen LogP contribution in [-0.4, -0.2) is 21.1 Å². The van der Waals surface area contributed by atoms with Gasteiger partial charge in [-0.2, -0.15) is 0 Å². The van der Waals surface area contributed by atoms with Crippen molar-refractivity contribution in [1.82, 2.24) is 19.9 Å². The first-order valence-corrected chi connectivity index (χ1v) is 7.12. The molecule has 2 aromatic heterocycles. The lowest BCUT2D eigenvalue weighted by Crippen LogP contribution is -2.25. The quantitative estimate of drug-likeness (QED) is 0.916. The molecule has 3 rings (SSSR count). The van der Waals surface area contributed by atoms with E-state index in [-0.39, 0.29) is 0 Å². The summed E-state index contributed by atoms with van der Waals surface area (Å²) >= 11 is 1.48. The molecule has 0 saturated carbocycles. The minimum atomic E-state index is 0.297. The highest BCUT2D eigenvalue weighted by Gasteiger charge is 2.32. The Morgan fingerprint density at radius 3 is 3.28 bits per heavy atom. The normalized spacial score (nSPS) is 19.7. The van der Waals surface area contributed by atoms with Crippen LogP contribution in [0.5, 0.6) is 0 Å². The van der Waals surface area contributed by atoms with Gasteiger partial charge in [-0.25, -0.2) is 0 Å². The Kier molecular flexibility index (Phi) is 3.34.